The van der Waals surface area contributed by atoms with Crippen molar-refractivity contribution in [3.63, 3.8) is 0 Å². The van der Waals surface area contributed by atoms with Crippen LogP contribution in [0, 0.1) is 0 Å². The fraction of sp³-hybridized carbons (Fsp3) is 0.727. The number of nitrogens with zero attached hydrogens (tertiary/aromatic N) is 2. The molecule has 0 unspecified atom stereocenters. The minimum absolute atomic E-state index is 0.419. The molecule has 0 saturated carbocycles. The van der Waals surface area contributed by atoms with Gasteiger partial charge in [0.2, 0.25) is 6.41 Å². The summed E-state index contributed by atoms with van der Waals surface area (Å²) in [6.07, 6.45) is 3.01. The Morgan fingerprint density at radius 2 is 2.00 bits per heavy atom. The molecule has 15 heavy (non-hydrogen) atoms. The van der Waals surface area contributed by atoms with E-state index in [1.807, 2.05) is 6.92 Å². The molecule has 3 nitrogen and oxygen atoms in total. The summed E-state index contributed by atoms with van der Waals surface area (Å²) < 4.78 is 12.5. The standard InChI is InChI=1S/C8H13FN2O.C3H6/c9-7-3-11(4-7)8-1-2-10(5-8)6-12;1-3-2/h6-8H,1-5H2;3H,1H2,2H3/t8-;/m0./s1. The van der Waals surface area contributed by atoms with Crippen LogP contribution >= 0.6 is 0 Å². The van der Waals surface area contributed by atoms with Crippen LogP contribution in [0.1, 0.15) is 13.3 Å². The Morgan fingerprint density at radius 3 is 2.40 bits per heavy atom. The second-order valence-electron chi connectivity index (χ2n) is 4.00. The van der Waals surface area contributed by atoms with E-state index in [2.05, 4.69) is 11.5 Å². The Balaban J connectivity index is 0.000000337. The zero-order valence-electron chi connectivity index (χ0n) is 9.23. The van der Waals surface area contributed by atoms with Gasteiger partial charge in [-0.1, -0.05) is 6.08 Å². The lowest BCUT2D eigenvalue weighted by molar-refractivity contribution is -0.117. The predicted octanol–water partition coefficient (Wildman–Crippen LogP) is 1.06. The van der Waals surface area contributed by atoms with Gasteiger partial charge in [0.05, 0.1) is 0 Å². The molecule has 2 aliphatic rings. The molecule has 2 rings (SSSR count). The van der Waals surface area contributed by atoms with E-state index in [-0.39, 0.29) is 0 Å². The van der Waals surface area contributed by atoms with Crippen molar-refractivity contribution in [1.29, 1.82) is 0 Å². The number of carbonyl (C=O) groups excluding carboxylic acids is 1. The first-order chi connectivity index (χ1) is 7.21. The van der Waals surface area contributed by atoms with Gasteiger partial charge in [-0.15, -0.1) is 6.58 Å². The van der Waals surface area contributed by atoms with Crippen LogP contribution in [0.25, 0.3) is 0 Å². The van der Waals surface area contributed by atoms with Crippen LogP contribution in [0.4, 0.5) is 4.39 Å². The van der Waals surface area contributed by atoms with Gasteiger partial charge in [-0.3, -0.25) is 9.69 Å². The molecule has 1 atom stereocenters. The summed E-state index contributed by atoms with van der Waals surface area (Å²) >= 11 is 0. The Bertz CT molecular complexity index is 217. The predicted molar refractivity (Wildman–Crippen MR) is 58.4 cm³/mol. The smallest absolute Gasteiger partial charge is 0.209 e. The zero-order valence-corrected chi connectivity index (χ0v) is 9.23. The van der Waals surface area contributed by atoms with Crippen LogP contribution in [0.2, 0.25) is 0 Å². The van der Waals surface area contributed by atoms with Crippen molar-refractivity contribution in [3.05, 3.63) is 12.7 Å². The minimum Gasteiger partial charge on any atom is -0.344 e. The second kappa shape index (κ2) is 5.85. The molecule has 0 aromatic rings. The number of allylic oxidation sites excluding steroid dienone is 1. The summed E-state index contributed by atoms with van der Waals surface area (Å²) in [5.74, 6) is 0. The van der Waals surface area contributed by atoms with Gasteiger partial charge in [-0.05, 0) is 13.3 Å². The highest BCUT2D eigenvalue weighted by Crippen LogP contribution is 2.21. The van der Waals surface area contributed by atoms with E-state index in [9.17, 15) is 9.18 Å². The topological polar surface area (TPSA) is 23.6 Å². The van der Waals surface area contributed by atoms with Gasteiger partial charge in [-0.25, -0.2) is 4.39 Å². The normalized spacial score (nSPS) is 26.5. The maximum atomic E-state index is 12.5. The molecule has 2 aliphatic heterocycles. The summed E-state index contributed by atoms with van der Waals surface area (Å²) in [5.41, 5.74) is 0. The molecule has 2 heterocycles. The third-order valence-electron chi connectivity index (χ3n) is 2.73. The van der Waals surface area contributed by atoms with Gasteiger partial charge >= 0.3 is 0 Å². The molecule has 1 amide bonds. The first kappa shape index (κ1) is 12.2. The number of halogens is 1. The number of amides is 1. The Kier molecular flexibility index (Phi) is 4.75. The molecule has 0 aromatic carbocycles. The summed E-state index contributed by atoms with van der Waals surface area (Å²) in [5, 5.41) is 0. The van der Waals surface area contributed by atoms with E-state index in [4.69, 9.17) is 0 Å². The highest BCUT2D eigenvalue weighted by Gasteiger charge is 2.35. The second-order valence-corrected chi connectivity index (χ2v) is 4.00. The monoisotopic (exact) mass is 214 g/mol. The first-order valence-corrected chi connectivity index (χ1v) is 5.35. The molecule has 0 aliphatic carbocycles. The molecule has 86 valence electrons. The molecular weight excluding hydrogens is 195 g/mol. The number of alkyl halides is 1. The van der Waals surface area contributed by atoms with E-state index >= 15 is 0 Å². The number of likely N-dealkylation sites (tertiary alicyclic amines) is 2. The molecule has 0 N–H and O–H groups in total. The van der Waals surface area contributed by atoms with Gasteiger partial charge in [0, 0.05) is 32.2 Å². The third-order valence-corrected chi connectivity index (χ3v) is 2.73. The van der Waals surface area contributed by atoms with Gasteiger partial charge in [0.25, 0.3) is 0 Å². The lowest BCUT2D eigenvalue weighted by Crippen LogP contribution is -2.54. The minimum atomic E-state index is -0.629. The lowest BCUT2D eigenvalue weighted by Gasteiger charge is -2.38. The SMILES string of the molecule is C=CC.O=CN1CC[C@H](N2CC(F)C2)C1. The molecular formula is C11H19FN2O. The fourth-order valence-corrected chi connectivity index (χ4v) is 1.92. The van der Waals surface area contributed by atoms with Crippen LogP contribution in [-0.4, -0.2) is 54.6 Å². The van der Waals surface area contributed by atoms with Crippen LogP contribution in [-0.2, 0) is 4.79 Å². The largest absolute Gasteiger partial charge is 0.344 e. The molecule has 0 spiro atoms. The van der Waals surface area contributed by atoms with Crippen LogP contribution in [0.15, 0.2) is 12.7 Å². The van der Waals surface area contributed by atoms with E-state index < -0.39 is 6.17 Å². The summed E-state index contributed by atoms with van der Waals surface area (Å²) in [6, 6.07) is 0.419. The van der Waals surface area contributed by atoms with E-state index in [0.29, 0.717) is 19.1 Å². The Hall–Kier alpha value is -0.900. The molecule has 0 bridgehead atoms. The molecule has 0 radical (unpaired) electrons. The van der Waals surface area contributed by atoms with Gasteiger partial charge < -0.3 is 4.90 Å². The van der Waals surface area contributed by atoms with Crippen molar-refractivity contribution in [3.8, 4) is 0 Å². The average molecular weight is 214 g/mol. The van der Waals surface area contributed by atoms with Crippen molar-refractivity contribution in [2.75, 3.05) is 26.2 Å². The third kappa shape index (κ3) is 3.30. The van der Waals surface area contributed by atoms with Gasteiger partial charge in [0.1, 0.15) is 6.17 Å². The molecule has 0 aromatic heterocycles. The quantitative estimate of drug-likeness (QED) is 0.507. The highest BCUT2D eigenvalue weighted by atomic mass is 19.1. The molecule has 4 heteroatoms. The van der Waals surface area contributed by atoms with Crippen molar-refractivity contribution in [2.24, 2.45) is 0 Å². The van der Waals surface area contributed by atoms with Crippen molar-refractivity contribution < 1.29 is 9.18 Å². The average Bonchev–Trinajstić information content (AvgIpc) is 2.62. The lowest BCUT2D eigenvalue weighted by atomic mass is 10.1. The van der Waals surface area contributed by atoms with E-state index in [1.54, 1.807) is 11.0 Å². The zero-order chi connectivity index (χ0) is 11.3. The summed E-state index contributed by atoms with van der Waals surface area (Å²) in [7, 11) is 0. The van der Waals surface area contributed by atoms with Crippen molar-refractivity contribution in [1.82, 2.24) is 9.80 Å². The fourth-order valence-electron chi connectivity index (χ4n) is 1.92. The van der Waals surface area contributed by atoms with Crippen LogP contribution in [0.3, 0.4) is 0 Å². The van der Waals surface area contributed by atoms with E-state index in [0.717, 1.165) is 25.9 Å². The van der Waals surface area contributed by atoms with Crippen molar-refractivity contribution in [2.45, 2.75) is 25.6 Å². The number of hydrogen-bond acceptors (Lipinski definition) is 2. The Morgan fingerprint density at radius 1 is 1.40 bits per heavy atom. The molecule has 2 saturated heterocycles. The maximum Gasteiger partial charge on any atom is 0.209 e. The first-order valence-electron chi connectivity index (χ1n) is 5.35. The molecule has 2 fully saturated rings. The maximum absolute atomic E-state index is 12.5. The number of hydrogen-bond donors (Lipinski definition) is 0. The van der Waals surface area contributed by atoms with Crippen LogP contribution in [0.5, 0.6) is 0 Å². The highest BCUT2D eigenvalue weighted by molar-refractivity contribution is 5.47. The summed E-state index contributed by atoms with van der Waals surface area (Å²) in [6.45, 7) is 8.01. The number of rotatable bonds is 2. The van der Waals surface area contributed by atoms with Crippen LogP contribution < -0.4 is 0 Å². The van der Waals surface area contributed by atoms with Gasteiger partial charge in [-0.2, -0.15) is 0 Å². The Labute approximate surface area is 90.5 Å². The summed E-state index contributed by atoms with van der Waals surface area (Å²) in [4.78, 5) is 14.3. The van der Waals surface area contributed by atoms with E-state index in [1.165, 1.54) is 0 Å². The van der Waals surface area contributed by atoms with Gasteiger partial charge in [0.15, 0.2) is 0 Å². The van der Waals surface area contributed by atoms with Crippen molar-refractivity contribution >= 4 is 6.41 Å². The number of carbonyl (C=O) groups is 1.